The maximum Gasteiger partial charge on any atom is 0.123 e. The molecule has 0 radical (unpaired) electrons. The lowest BCUT2D eigenvalue weighted by Crippen LogP contribution is -2.19. The van der Waals surface area contributed by atoms with Crippen LogP contribution in [0.4, 0.5) is 4.39 Å². The topological polar surface area (TPSA) is 12.0 Å². The van der Waals surface area contributed by atoms with Gasteiger partial charge in [0.1, 0.15) is 5.82 Å². The molecule has 0 spiro atoms. The molecule has 0 saturated carbocycles. The fourth-order valence-corrected chi connectivity index (χ4v) is 1.56. The third kappa shape index (κ3) is 4.43. The normalized spacial score (nSPS) is 12.7. The summed E-state index contributed by atoms with van der Waals surface area (Å²) in [6.07, 6.45) is 3.72. The molecule has 0 aliphatic heterocycles. The van der Waals surface area contributed by atoms with Gasteiger partial charge in [-0.3, -0.25) is 0 Å². The molecule has 15 heavy (non-hydrogen) atoms. The van der Waals surface area contributed by atoms with Crippen LogP contribution in [-0.4, -0.2) is 6.54 Å². The molecule has 1 atom stereocenters. The second kappa shape index (κ2) is 6.57. The fraction of sp³-hybridized carbons (Fsp3) is 0.538. The van der Waals surface area contributed by atoms with E-state index in [-0.39, 0.29) is 5.82 Å². The molecule has 1 aromatic rings. The van der Waals surface area contributed by atoms with E-state index in [2.05, 4.69) is 19.2 Å². The summed E-state index contributed by atoms with van der Waals surface area (Å²) >= 11 is 0. The van der Waals surface area contributed by atoms with E-state index in [0.29, 0.717) is 6.04 Å². The van der Waals surface area contributed by atoms with Gasteiger partial charge in [-0.2, -0.15) is 0 Å². The Balaban J connectivity index is 2.33. The molecule has 0 heterocycles. The summed E-state index contributed by atoms with van der Waals surface area (Å²) in [7, 11) is 0. The summed E-state index contributed by atoms with van der Waals surface area (Å²) in [5.41, 5.74) is 1.15. The summed E-state index contributed by atoms with van der Waals surface area (Å²) in [6.45, 7) is 5.34. The molecular formula is C13H20FN. The third-order valence-corrected chi connectivity index (χ3v) is 2.60. The second-order valence-electron chi connectivity index (χ2n) is 3.93. The van der Waals surface area contributed by atoms with Gasteiger partial charge < -0.3 is 5.32 Å². The largest absolute Gasteiger partial charge is 0.310 e. The Morgan fingerprint density at radius 3 is 2.47 bits per heavy atom. The molecule has 1 unspecified atom stereocenters. The lowest BCUT2D eigenvalue weighted by Gasteiger charge is -2.13. The van der Waals surface area contributed by atoms with Crippen molar-refractivity contribution in [1.82, 2.24) is 5.32 Å². The number of halogens is 1. The van der Waals surface area contributed by atoms with Crippen molar-refractivity contribution < 1.29 is 4.39 Å². The van der Waals surface area contributed by atoms with E-state index >= 15 is 0 Å². The van der Waals surface area contributed by atoms with Gasteiger partial charge in [-0.25, -0.2) is 4.39 Å². The van der Waals surface area contributed by atoms with E-state index in [1.54, 1.807) is 0 Å². The number of rotatable bonds is 6. The van der Waals surface area contributed by atoms with Crippen LogP contribution < -0.4 is 5.32 Å². The van der Waals surface area contributed by atoms with E-state index in [9.17, 15) is 4.39 Å². The van der Waals surface area contributed by atoms with Gasteiger partial charge in [-0.1, -0.05) is 31.9 Å². The third-order valence-electron chi connectivity index (χ3n) is 2.60. The number of nitrogens with one attached hydrogen (secondary N) is 1. The van der Waals surface area contributed by atoms with Crippen molar-refractivity contribution >= 4 is 0 Å². The lowest BCUT2D eigenvalue weighted by atomic mass is 10.1. The van der Waals surface area contributed by atoms with Gasteiger partial charge in [0.2, 0.25) is 0 Å². The predicted octanol–water partition coefficient (Wildman–Crippen LogP) is 3.67. The highest BCUT2D eigenvalue weighted by atomic mass is 19.1. The molecule has 0 aromatic heterocycles. The summed E-state index contributed by atoms with van der Waals surface area (Å²) in [5.74, 6) is -0.170. The molecule has 0 amide bonds. The van der Waals surface area contributed by atoms with Gasteiger partial charge in [0.05, 0.1) is 0 Å². The number of hydrogen-bond donors (Lipinski definition) is 1. The molecule has 1 rings (SSSR count). The van der Waals surface area contributed by atoms with Gasteiger partial charge in [0, 0.05) is 6.04 Å². The Kier molecular flexibility index (Phi) is 5.33. The SMILES string of the molecule is CCCCCNC(C)c1ccc(F)cc1. The zero-order valence-electron chi connectivity index (χ0n) is 9.59. The van der Waals surface area contributed by atoms with Crippen LogP contribution in [0.15, 0.2) is 24.3 Å². The highest BCUT2D eigenvalue weighted by Crippen LogP contribution is 2.12. The van der Waals surface area contributed by atoms with Crippen molar-refractivity contribution in [3.63, 3.8) is 0 Å². The van der Waals surface area contributed by atoms with E-state index in [1.165, 1.54) is 31.4 Å². The van der Waals surface area contributed by atoms with Crippen LogP contribution in [-0.2, 0) is 0 Å². The first-order chi connectivity index (χ1) is 7.24. The van der Waals surface area contributed by atoms with Crippen molar-refractivity contribution in [3.8, 4) is 0 Å². The van der Waals surface area contributed by atoms with Crippen LogP contribution in [0.1, 0.15) is 44.7 Å². The Labute approximate surface area is 91.7 Å². The van der Waals surface area contributed by atoms with Crippen molar-refractivity contribution in [2.75, 3.05) is 6.54 Å². The van der Waals surface area contributed by atoms with E-state index in [0.717, 1.165) is 12.1 Å². The minimum Gasteiger partial charge on any atom is -0.310 e. The van der Waals surface area contributed by atoms with Gasteiger partial charge in [0.15, 0.2) is 0 Å². The van der Waals surface area contributed by atoms with Crippen molar-refractivity contribution in [2.45, 2.75) is 39.2 Å². The zero-order chi connectivity index (χ0) is 11.1. The predicted molar refractivity (Wildman–Crippen MR) is 62.3 cm³/mol. The van der Waals surface area contributed by atoms with Crippen LogP contribution in [0.25, 0.3) is 0 Å². The number of benzene rings is 1. The van der Waals surface area contributed by atoms with Crippen LogP contribution in [0, 0.1) is 5.82 Å². The minimum absolute atomic E-state index is 0.170. The van der Waals surface area contributed by atoms with Crippen LogP contribution in [0.3, 0.4) is 0 Å². The van der Waals surface area contributed by atoms with Crippen LogP contribution in [0.2, 0.25) is 0 Å². The summed E-state index contributed by atoms with van der Waals surface area (Å²) < 4.78 is 12.7. The first-order valence-electron chi connectivity index (χ1n) is 5.73. The quantitative estimate of drug-likeness (QED) is 0.705. The first kappa shape index (κ1) is 12.2. The summed E-state index contributed by atoms with van der Waals surface area (Å²) in [6, 6.07) is 7.01. The average molecular weight is 209 g/mol. The molecule has 0 fully saturated rings. The first-order valence-corrected chi connectivity index (χ1v) is 5.73. The molecule has 0 bridgehead atoms. The van der Waals surface area contributed by atoms with E-state index < -0.39 is 0 Å². The fourth-order valence-electron chi connectivity index (χ4n) is 1.56. The maximum absolute atomic E-state index is 12.7. The molecule has 84 valence electrons. The minimum atomic E-state index is -0.170. The Morgan fingerprint density at radius 1 is 1.20 bits per heavy atom. The van der Waals surface area contributed by atoms with Gasteiger partial charge in [0.25, 0.3) is 0 Å². The van der Waals surface area contributed by atoms with Gasteiger partial charge in [-0.15, -0.1) is 0 Å². The summed E-state index contributed by atoms with van der Waals surface area (Å²) in [5, 5.41) is 3.43. The van der Waals surface area contributed by atoms with Crippen molar-refractivity contribution in [2.24, 2.45) is 0 Å². The molecule has 0 saturated heterocycles. The molecule has 2 heteroatoms. The molecule has 1 aromatic carbocycles. The highest BCUT2D eigenvalue weighted by Gasteiger charge is 2.03. The van der Waals surface area contributed by atoms with Gasteiger partial charge >= 0.3 is 0 Å². The Bertz CT molecular complexity index is 268. The highest BCUT2D eigenvalue weighted by molar-refractivity contribution is 5.19. The van der Waals surface area contributed by atoms with E-state index in [1.807, 2.05) is 12.1 Å². The molecular weight excluding hydrogens is 189 g/mol. The van der Waals surface area contributed by atoms with Crippen LogP contribution in [0.5, 0.6) is 0 Å². The smallest absolute Gasteiger partial charge is 0.123 e. The standard InChI is InChI=1S/C13H20FN/c1-3-4-5-10-15-11(2)12-6-8-13(14)9-7-12/h6-9,11,15H,3-5,10H2,1-2H3. The Morgan fingerprint density at radius 2 is 1.87 bits per heavy atom. The maximum atomic E-state index is 12.7. The van der Waals surface area contributed by atoms with Crippen LogP contribution >= 0.6 is 0 Å². The molecule has 1 N–H and O–H groups in total. The molecule has 1 nitrogen and oxygen atoms in total. The van der Waals surface area contributed by atoms with E-state index in [4.69, 9.17) is 0 Å². The average Bonchev–Trinajstić information content (AvgIpc) is 2.25. The molecule has 0 aliphatic carbocycles. The number of unbranched alkanes of at least 4 members (excludes halogenated alkanes) is 2. The van der Waals surface area contributed by atoms with Crippen molar-refractivity contribution in [1.29, 1.82) is 0 Å². The summed E-state index contributed by atoms with van der Waals surface area (Å²) in [4.78, 5) is 0. The monoisotopic (exact) mass is 209 g/mol. The number of hydrogen-bond acceptors (Lipinski definition) is 1. The van der Waals surface area contributed by atoms with Crippen molar-refractivity contribution in [3.05, 3.63) is 35.6 Å². The van der Waals surface area contributed by atoms with Gasteiger partial charge in [-0.05, 0) is 37.6 Å². The molecule has 0 aliphatic rings. The zero-order valence-corrected chi connectivity index (χ0v) is 9.59. The lowest BCUT2D eigenvalue weighted by molar-refractivity contribution is 0.542. The second-order valence-corrected chi connectivity index (χ2v) is 3.93. The Hall–Kier alpha value is -0.890.